The van der Waals surface area contributed by atoms with E-state index in [-0.39, 0.29) is 4.90 Å². The SMILES string of the molecule is Cc1ccc(N(CC(=O)N/N=C/c2cc(C)n(-c3ccccc3Cl)c2C)S(=O)(=O)c2ccccc2)c(C)c1. The van der Waals surface area contributed by atoms with Crippen LogP contribution in [0.25, 0.3) is 5.69 Å². The maximum absolute atomic E-state index is 13.5. The highest BCUT2D eigenvalue weighted by Crippen LogP contribution is 2.28. The molecule has 1 aromatic heterocycles. The molecule has 0 saturated carbocycles. The maximum Gasteiger partial charge on any atom is 0.264 e. The number of sulfonamides is 1. The molecule has 4 aromatic rings. The van der Waals surface area contributed by atoms with Crippen LogP contribution in [0.5, 0.6) is 0 Å². The number of nitrogens with one attached hydrogen (secondary N) is 1. The Morgan fingerprint density at radius 3 is 2.34 bits per heavy atom. The number of anilines is 1. The molecule has 0 saturated heterocycles. The van der Waals surface area contributed by atoms with Crippen molar-refractivity contribution in [1.29, 1.82) is 0 Å². The molecule has 0 fully saturated rings. The molecule has 7 nitrogen and oxygen atoms in total. The van der Waals surface area contributed by atoms with Gasteiger partial charge in [-0.1, -0.05) is 59.6 Å². The number of halogens is 1. The molecule has 4 rings (SSSR count). The molecule has 1 N–H and O–H groups in total. The zero-order valence-corrected chi connectivity index (χ0v) is 23.2. The molecule has 3 aromatic carbocycles. The molecule has 0 aliphatic carbocycles. The van der Waals surface area contributed by atoms with Crippen molar-refractivity contribution in [1.82, 2.24) is 9.99 Å². The van der Waals surface area contributed by atoms with Gasteiger partial charge in [0.05, 0.1) is 27.5 Å². The number of amides is 1. The van der Waals surface area contributed by atoms with Crippen molar-refractivity contribution in [3.63, 3.8) is 0 Å². The third-order valence-electron chi connectivity index (χ3n) is 6.20. The summed E-state index contributed by atoms with van der Waals surface area (Å²) in [6.45, 7) is 7.21. The Balaban J connectivity index is 1.58. The molecule has 9 heteroatoms. The first-order chi connectivity index (χ1) is 18.1. The zero-order chi connectivity index (χ0) is 27.4. The molecular formula is C29H29ClN4O3S. The van der Waals surface area contributed by atoms with Crippen LogP contribution in [0.2, 0.25) is 5.02 Å². The Morgan fingerprint density at radius 2 is 1.66 bits per heavy atom. The quantitative estimate of drug-likeness (QED) is 0.226. The first-order valence-electron chi connectivity index (χ1n) is 12.0. The number of hydrogen-bond acceptors (Lipinski definition) is 4. The largest absolute Gasteiger partial charge is 0.316 e. The van der Waals surface area contributed by atoms with Crippen molar-refractivity contribution >= 4 is 39.4 Å². The van der Waals surface area contributed by atoms with Crippen molar-refractivity contribution in [3.05, 3.63) is 112 Å². The van der Waals surface area contributed by atoms with Crippen LogP contribution in [0.4, 0.5) is 5.69 Å². The Morgan fingerprint density at radius 1 is 0.974 bits per heavy atom. The number of rotatable bonds is 8. The number of para-hydroxylation sites is 1. The number of carbonyl (C=O) groups excluding carboxylic acids is 1. The van der Waals surface area contributed by atoms with Gasteiger partial charge in [0.1, 0.15) is 6.54 Å². The fraction of sp³-hybridized carbons (Fsp3) is 0.172. The number of carbonyl (C=O) groups is 1. The number of nitrogens with zero attached hydrogens (tertiary/aromatic N) is 3. The van der Waals surface area contributed by atoms with E-state index in [2.05, 4.69) is 10.5 Å². The Hall–Kier alpha value is -3.88. The van der Waals surface area contributed by atoms with Crippen LogP contribution in [0.15, 0.2) is 88.9 Å². The summed E-state index contributed by atoms with van der Waals surface area (Å²) in [7, 11) is -4.00. The van der Waals surface area contributed by atoms with Crippen LogP contribution in [0.1, 0.15) is 28.1 Å². The molecule has 38 heavy (non-hydrogen) atoms. The van der Waals surface area contributed by atoms with E-state index in [1.165, 1.54) is 12.1 Å². The number of aryl methyl sites for hydroxylation is 3. The van der Waals surface area contributed by atoms with Crippen molar-refractivity contribution in [3.8, 4) is 5.69 Å². The third-order valence-corrected chi connectivity index (χ3v) is 8.29. The summed E-state index contributed by atoms with van der Waals surface area (Å²) in [6.07, 6.45) is 1.54. The molecule has 0 radical (unpaired) electrons. The minimum absolute atomic E-state index is 0.100. The first kappa shape index (κ1) is 27.2. The minimum Gasteiger partial charge on any atom is -0.316 e. The normalized spacial score (nSPS) is 11.6. The van der Waals surface area contributed by atoms with Crippen LogP contribution in [0.3, 0.4) is 0 Å². The van der Waals surface area contributed by atoms with Gasteiger partial charge in [-0.2, -0.15) is 5.10 Å². The minimum atomic E-state index is -4.00. The van der Waals surface area contributed by atoms with Gasteiger partial charge in [0, 0.05) is 17.0 Å². The molecular weight excluding hydrogens is 520 g/mol. The molecule has 0 atom stereocenters. The molecule has 0 aliphatic rings. The van der Waals surface area contributed by atoms with E-state index in [0.29, 0.717) is 10.7 Å². The van der Waals surface area contributed by atoms with E-state index in [0.717, 1.165) is 38.1 Å². The average molecular weight is 549 g/mol. The summed E-state index contributed by atoms with van der Waals surface area (Å²) < 4.78 is 30.2. The predicted molar refractivity (Wildman–Crippen MR) is 153 cm³/mol. The van der Waals surface area contributed by atoms with Gasteiger partial charge in [0.15, 0.2) is 0 Å². The molecule has 1 heterocycles. The van der Waals surface area contributed by atoms with Crippen molar-refractivity contribution in [2.45, 2.75) is 32.6 Å². The highest BCUT2D eigenvalue weighted by atomic mass is 35.5. The van der Waals surface area contributed by atoms with Crippen LogP contribution >= 0.6 is 11.6 Å². The van der Waals surface area contributed by atoms with Crippen LogP contribution in [-0.4, -0.2) is 31.7 Å². The highest BCUT2D eigenvalue weighted by Gasteiger charge is 2.28. The van der Waals surface area contributed by atoms with Gasteiger partial charge < -0.3 is 4.57 Å². The van der Waals surface area contributed by atoms with E-state index < -0.39 is 22.5 Å². The lowest BCUT2D eigenvalue weighted by molar-refractivity contribution is -0.119. The van der Waals surface area contributed by atoms with Gasteiger partial charge in [-0.15, -0.1) is 0 Å². The van der Waals surface area contributed by atoms with E-state index in [1.807, 2.05) is 74.7 Å². The number of benzene rings is 3. The Bertz CT molecular complexity index is 1610. The highest BCUT2D eigenvalue weighted by molar-refractivity contribution is 7.92. The molecule has 0 spiro atoms. The fourth-order valence-corrected chi connectivity index (χ4v) is 6.09. The summed E-state index contributed by atoms with van der Waals surface area (Å²) >= 11 is 6.39. The Labute approximate surface area is 228 Å². The fourth-order valence-electron chi connectivity index (χ4n) is 4.37. The van der Waals surface area contributed by atoms with Crippen molar-refractivity contribution in [2.75, 3.05) is 10.8 Å². The summed E-state index contributed by atoms with van der Waals surface area (Å²) in [6, 6.07) is 23.0. The van der Waals surface area contributed by atoms with Crippen molar-refractivity contribution < 1.29 is 13.2 Å². The van der Waals surface area contributed by atoms with Gasteiger partial charge in [0.2, 0.25) is 0 Å². The molecule has 0 unspecified atom stereocenters. The van der Waals surface area contributed by atoms with Crippen LogP contribution in [0, 0.1) is 27.7 Å². The van der Waals surface area contributed by atoms with Gasteiger partial charge in [0.25, 0.3) is 15.9 Å². The second kappa shape index (κ2) is 11.2. The standard InChI is InChI=1S/C29H29ClN4O3S/c1-20-14-15-27(21(2)16-20)33(38(36,37)25-10-6-5-7-11-25)19-29(35)32-31-18-24-17-22(3)34(23(24)4)28-13-9-8-12-26(28)30/h5-18H,19H2,1-4H3,(H,32,35)/b31-18+. The van der Waals surface area contributed by atoms with E-state index in [4.69, 9.17) is 11.6 Å². The number of aromatic nitrogens is 1. The second-order valence-electron chi connectivity index (χ2n) is 9.02. The van der Waals surface area contributed by atoms with E-state index >= 15 is 0 Å². The molecule has 196 valence electrons. The lowest BCUT2D eigenvalue weighted by Gasteiger charge is -2.25. The van der Waals surface area contributed by atoms with E-state index in [1.54, 1.807) is 30.5 Å². The maximum atomic E-state index is 13.5. The van der Waals surface area contributed by atoms with Gasteiger partial charge in [-0.25, -0.2) is 13.8 Å². The molecule has 0 aliphatic heterocycles. The summed E-state index contributed by atoms with van der Waals surface area (Å²) in [5, 5.41) is 4.74. The number of hydrazone groups is 1. The van der Waals surface area contributed by atoms with Gasteiger partial charge in [-0.3, -0.25) is 9.10 Å². The van der Waals surface area contributed by atoms with Crippen LogP contribution < -0.4 is 9.73 Å². The topological polar surface area (TPSA) is 83.8 Å². The molecule has 1 amide bonds. The third kappa shape index (κ3) is 5.66. The van der Waals surface area contributed by atoms with E-state index in [9.17, 15) is 13.2 Å². The van der Waals surface area contributed by atoms with Gasteiger partial charge >= 0.3 is 0 Å². The lowest BCUT2D eigenvalue weighted by atomic mass is 10.1. The monoisotopic (exact) mass is 548 g/mol. The first-order valence-corrected chi connectivity index (χ1v) is 13.8. The summed E-state index contributed by atoms with van der Waals surface area (Å²) in [4.78, 5) is 13.0. The molecule has 0 bridgehead atoms. The van der Waals surface area contributed by atoms with Gasteiger partial charge in [-0.05, 0) is 69.7 Å². The lowest BCUT2D eigenvalue weighted by Crippen LogP contribution is -2.40. The second-order valence-corrected chi connectivity index (χ2v) is 11.3. The summed E-state index contributed by atoms with van der Waals surface area (Å²) in [5.41, 5.74) is 8.15. The average Bonchev–Trinajstić information content (AvgIpc) is 3.16. The predicted octanol–water partition coefficient (Wildman–Crippen LogP) is 5.71. The Kier molecular flexibility index (Phi) is 8.04. The summed E-state index contributed by atoms with van der Waals surface area (Å²) in [5.74, 6) is -0.569. The smallest absolute Gasteiger partial charge is 0.264 e. The van der Waals surface area contributed by atoms with Crippen molar-refractivity contribution in [2.24, 2.45) is 5.10 Å². The number of hydrogen-bond donors (Lipinski definition) is 1. The zero-order valence-electron chi connectivity index (χ0n) is 21.6. The van der Waals surface area contributed by atoms with Crippen LogP contribution in [-0.2, 0) is 14.8 Å².